The SMILES string of the molecule is COCCN(CC1CC1C)c1cc(-c2nnc([C@](C)(N)Cc3ccccc3)o2)c(F)c(N(C)S(C)=O)n1. The number of anilines is 2. The van der Waals surface area contributed by atoms with Crippen LogP contribution in [-0.2, 0) is 27.7 Å². The lowest BCUT2D eigenvalue weighted by atomic mass is 9.94. The highest BCUT2D eigenvalue weighted by atomic mass is 32.2. The smallest absolute Gasteiger partial charge is 0.251 e. The predicted molar refractivity (Wildman–Crippen MR) is 143 cm³/mol. The average Bonchev–Trinajstić information content (AvgIpc) is 3.33. The van der Waals surface area contributed by atoms with E-state index >= 15 is 4.39 Å². The van der Waals surface area contributed by atoms with Crippen molar-refractivity contribution in [2.24, 2.45) is 17.6 Å². The summed E-state index contributed by atoms with van der Waals surface area (Å²) in [6.07, 6.45) is 3.07. The van der Waals surface area contributed by atoms with Crippen LogP contribution in [0, 0.1) is 17.7 Å². The molecule has 2 heterocycles. The predicted octanol–water partition coefficient (Wildman–Crippen LogP) is 3.53. The zero-order valence-corrected chi connectivity index (χ0v) is 22.8. The van der Waals surface area contributed by atoms with E-state index in [9.17, 15) is 4.21 Å². The Hall–Kier alpha value is -2.89. The molecule has 37 heavy (non-hydrogen) atoms. The first-order chi connectivity index (χ1) is 17.6. The monoisotopic (exact) mass is 530 g/mol. The molecule has 1 aromatic carbocycles. The lowest BCUT2D eigenvalue weighted by Crippen LogP contribution is -2.35. The molecular weight excluding hydrogens is 495 g/mol. The molecule has 0 radical (unpaired) electrons. The third-order valence-corrected chi connectivity index (χ3v) is 7.73. The zero-order valence-electron chi connectivity index (χ0n) is 22.0. The summed E-state index contributed by atoms with van der Waals surface area (Å²) in [6.45, 7) is 5.82. The van der Waals surface area contributed by atoms with E-state index in [1.165, 1.54) is 17.6 Å². The van der Waals surface area contributed by atoms with Crippen LogP contribution in [0.2, 0.25) is 0 Å². The van der Waals surface area contributed by atoms with Gasteiger partial charge in [-0.05, 0) is 43.2 Å². The molecule has 4 rings (SSSR count). The lowest BCUT2D eigenvalue weighted by Gasteiger charge is -2.26. The Morgan fingerprint density at radius 2 is 2.00 bits per heavy atom. The molecule has 0 aliphatic heterocycles. The second-order valence-corrected chi connectivity index (χ2v) is 11.4. The summed E-state index contributed by atoms with van der Waals surface area (Å²) in [5.74, 6) is 1.12. The molecular formula is C26H35FN6O3S. The van der Waals surface area contributed by atoms with E-state index in [1.54, 1.807) is 20.1 Å². The van der Waals surface area contributed by atoms with Crippen molar-refractivity contribution in [2.75, 3.05) is 49.3 Å². The average molecular weight is 531 g/mol. The summed E-state index contributed by atoms with van der Waals surface area (Å²) in [6, 6.07) is 11.4. The quantitative estimate of drug-likeness (QED) is 0.379. The highest BCUT2D eigenvalue weighted by Crippen LogP contribution is 2.40. The number of halogens is 1. The fourth-order valence-electron chi connectivity index (χ4n) is 4.25. The van der Waals surface area contributed by atoms with Gasteiger partial charge in [-0.2, -0.15) is 0 Å². The van der Waals surface area contributed by atoms with Crippen LogP contribution in [0.4, 0.5) is 16.0 Å². The van der Waals surface area contributed by atoms with Gasteiger partial charge < -0.3 is 19.8 Å². The van der Waals surface area contributed by atoms with Crippen molar-refractivity contribution in [3.05, 3.63) is 53.7 Å². The van der Waals surface area contributed by atoms with Gasteiger partial charge in [0, 0.05) is 33.5 Å². The summed E-state index contributed by atoms with van der Waals surface area (Å²) in [5.41, 5.74) is 6.69. The molecule has 0 bridgehead atoms. The Morgan fingerprint density at radius 3 is 2.62 bits per heavy atom. The third-order valence-electron chi connectivity index (χ3n) is 6.79. The molecule has 200 valence electrons. The summed E-state index contributed by atoms with van der Waals surface area (Å²) in [7, 11) is 1.68. The van der Waals surface area contributed by atoms with Gasteiger partial charge in [-0.3, -0.25) is 4.31 Å². The molecule has 1 aliphatic carbocycles. The van der Waals surface area contributed by atoms with Gasteiger partial charge >= 0.3 is 0 Å². The highest BCUT2D eigenvalue weighted by molar-refractivity contribution is 7.85. The lowest BCUT2D eigenvalue weighted by molar-refractivity contribution is 0.204. The highest BCUT2D eigenvalue weighted by Gasteiger charge is 2.35. The second-order valence-electron chi connectivity index (χ2n) is 9.99. The number of nitrogens with zero attached hydrogens (tertiary/aromatic N) is 5. The topological polar surface area (TPSA) is 111 Å². The second kappa shape index (κ2) is 11.2. The molecule has 9 nitrogen and oxygen atoms in total. The molecule has 1 fully saturated rings. The van der Waals surface area contributed by atoms with Gasteiger partial charge in [0.25, 0.3) is 5.89 Å². The van der Waals surface area contributed by atoms with Crippen molar-refractivity contribution in [1.29, 1.82) is 0 Å². The number of pyridine rings is 1. The molecule has 0 saturated heterocycles. The van der Waals surface area contributed by atoms with Crippen LogP contribution < -0.4 is 14.9 Å². The summed E-state index contributed by atoms with van der Waals surface area (Å²) in [4.78, 5) is 6.63. The van der Waals surface area contributed by atoms with E-state index in [1.807, 2.05) is 30.3 Å². The summed E-state index contributed by atoms with van der Waals surface area (Å²) in [5, 5.41) is 8.31. The Morgan fingerprint density at radius 1 is 1.30 bits per heavy atom. The van der Waals surface area contributed by atoms with Crippen LogP contribution in [0.5, 0.6) is 0 Å². The molecule has 2 N–H and O–H groups in total. The van der Waals surface area contributed by atoms with E-state index < -0.39 is 22.3 Å². The van der Waals surface area contributed by atoms with Gasteiger partial charge in [0.05, 0.1) is 17.7 Å². The largest absolute Gasteiger partial charge is 0.419 e. The maximum atomic E-state index is 15.8. The first kappa shape index (κ1) is 27.2. The minimum atomic E-state index is -1.50. The van der Waals surface area contributed by atoms with E-state index in [-0.39, 0.29) is 23.2 Å². The number of nitrogens with two attached hydrogens (primary N) is 1. The summed E-state index contributed by atoms with van der Waals surface area (Å²) < 4.78 is 40.6. The van der Waals surface area contributed by atoms with Gasteiger partial charge in [0.1, 0.15) is 16.8 Å². The van der Waals surface area contributed by atoms with E-state index in [4.69, 9.17) is 14.9 Å². The fraction of sp³-hybridized carbons (Fsp3) is 0.500. The van der Waals surface area contributed by atoms with Crippen molar-refractivity contribution in [2.45, 2.75) is 32.2 Å². The van der Waals surface area contributed by atoms with E-state index in [2.05, 4.69) is 27.0 Å². The summed E-state index contributed by atoms with van der Waals surface area (Å²) >= 11 is 0. The van der Waals surface area contributed by atoms with E-state index in [0.717, 1.165) is 18.5 Å². The Labute approximate surface area is 219 Å². The van der Waals surface area contributed by atoms with Gasteiger partial charge in [-0.15, -0.1) is 10.2 Å². The van der Waals surface area contributed by atoms with Gasteiger partial charge in [-0.1, -0.05) is 37.3 Å². The number of ether oxygens (including phenoxy) is 1. The number of hydrogen-bond acceptors (Lipinski definition) is 8. The third kappa shape index (κ3) is 6.34. The Kier molecular flexibility index (Phi) is 8.25. The molecule has 2 aromatic heterocycles. The molecule has 1 saturated carbocycles. The van der Waals surface area contributed by atoms with Crippen LogP contribution >= 0.6 is 0 Å². The van der Waals surface area contributed by atoms with Gasteiger partial charge in [0.15, 0.2) is 11.6 Å². The maximum Gasteiger partial charge on any atom is 0.251 e. The van der Waals surface area contributed by atoms with Crippen LogP contribution in [-0.4, -0.2) is 59.5 Å². The Bertz CT molecular complexity index is 1240. The molecule has 3 aromatic rings. The van der Waals surface area contributed by atoms with Crippen molar-refractivity contribution >= 4 is 22.6 Å². The van der Waals surface area contributed by atoms with Crippen molar-refractivity contribution < 1.29 is 17.8 Å². The maximum absolute atomic E-state index is 15.8. The van der Waals surface area contributed by atoms with Gasteiger partial charge in [0.2, 0.25) is 5.89 Å². The van der Waals surface area contributed by atoms with Gasteiger partial charge in [-0.25, -0.2) is 13.6 Å². The van der Waals surface area contributed by atoms with Crippen molar-refractivity contribution in [1.82, 2.24) is 15.2 Å². The molecule has 1 aliphatic rings. The number of hydrogen-bond donors (Lipinski definition) is 1. The first-order valence-corrected chi connectivity index (χ1v) is 13.8. The van der Waals surface area contributed by atoms with Crippen LogP contribution in [0.25, 0.3) is 11.5 Å². The zero-order chi connectivity index (χ0) is 26.7. The van der Waals surface area contributed by atoms with Crippen LogP contribution in [0.3, 0.4) is 0 Å². The first-order valence-electron chi connectivity index (χ1n) is 12.3. The minimum Gasteiger partial charge on any atom is -0.419 e. The standard InChI is InChI=1S/C26H35FN6O3S/c1-17-13-19(17)16-33(11-12-35-4)21-14-20(22(27)23(29-21)32(3)37(5)34)24-30-31-25(36-24)26(2,28)15-18-9-7-6-8-10-18/h6-10,14,17,19H,11-13,15-16,28H2,1-5H3/t17?,19?,26-,37?/m1/s1. The van der Waals surface area contributed by atoms with E-state index in [0.29, 0.717) is 37.2 Å². The number of aromatic nitrogens is 3. The van der Waals surface area contributed by atoms with Crippen LogP contribution in [0.15, 0.2) is 40.8 Å². The Balaban J connectivity index is 1.73. The molecule has 3 unspecified atom stereocenters. The molecule has 0 spiro atoms. The number of rotatable bonds is 12. The number of benzene rings is 1. The molecule has 0 amide bonds. The molecule has 4 atom stereocenters. The van der Waals surface area contributed by atoms with Crippen molar-refractivity contribution in [3.8, 4) is 11.5 Å². The molecule has 11 heteroatoms. The minimum absolute atomic E-state index is 0.0103. The van der Waals surface area contributed by atoms with Crippen molar-refractivity contribution in [3.63, 3.8) is 0 Å². The van der Waals surface area contributed by atoms with Crippen LogP contribution in [0.1, 0.15) is 31.7 Å². The number of methoxy groups -OCH3 is 1. The fourth-order valence-corrected chi connectivity index (χ4v) is 4.61. The normalized spacial score (nSPS) is 19.3.